The average molecular weight is 297 g/mol. The molecule has 3 rings (SSSR count). The van der Waals surface area contributed by atoms with Gasteiger partial charge in [0.1, 0.15) is 0 Å². The highest BCUT2D eigenvalue weighted by Crippen LogP contribution is 2.43. The lowest BCUT2D eigenvalue weighted by molar-refractivity contribution is 0.0885. The second-order valence-corrected chi connectivity index (χ2v) is 5.37. The van der Waals surface area contributed by atoms with Crippen LogP contribution in [0.1, 0.15) is 25.3 Å². The molecule has 2 aliphatic rings. The van der Waals surface area contributed by atoms with E-state index in [0.717, 1.165) is 32.5 Å². The number of hydrogen-bond donors (Lipinski definition) is 1. The Balaban J connectivity index is 0.00000147. The zero-order chi connectivity index (χ0) is 13.3. The minimum atomic E-state index is -0.170. The zero-order valence-electron chi connectivity index (χ0n) is 11.7. The summed E-state index contributed by atoms with van der Waals surface area (Å²) in [5.41, 5.74) is 2.88. The predicted octanol–water partition coefficient (Wildman–Crippen LogP) is 3.02. The second kappa shape index (κ2) is 5.92. The number of ether oxygens (including phenoxy) is 1. The van der Waals surface area contributed by atoms with E-state index in [4.69, 9.17) is 4.74 Å². The largest absolute Gasteiger partial charge is 0.450 e. The molecule has 1 aromatic carbocycles. The van der Waals surface area contributed by atoms with Gasteiger partial charge in [-0.3, -0.25) is 0 Å². The van der Waals surface area contributed by atoms with Crippen LogP contribution in [0, 0.1) is 0 Å². The van der Waals surface area contributed by atoms with Crippen molar-refractivity contribution >= 4 is 24.2 Å². The first-order valence-electron chi connectivity index (χ1n) is 7.00. The van der Waals surface area contributed by atoms with Gasteiger partial charge in [-0.15, -0.1) is 12.4 Å². The molecule has 2 heterocycles. The van der Waals surface area contributed by atoms with E-state index in [2.05, 4.69) is 29.6 Å². The Kier molecular flexibility index (Phi) is 4.43. The SMILES string of the molecule is CCOC(=O)N1CCC2(CC1)CNc1ccccc12.Cl. The lowest BCUT2D eigenvalue weighted by atomic mass is 9.74. The van der Waals surface area contributed by atoms with Crippen LogP contribution in [0.15, 0.2) is 24.3 Å². The summed E-state index contributed by atoms with van der Waals surface area (Å²) in [4.78, 5) is 13.6. The van der Waals surface area contributed by atoms with Gasteiger partial charge < -0.3 is 15.0 Å². The van der Waals surface area contributed by atoms with Crippen LogP contribution in [0.5, 0.6) is 0 Å². The standard InChI is InChI=1S/C15H20N2O2.ClH/c1-2-19-14(18)17-9-7-15(8-10-17)11-16-13-6-4-3-5-12(13)15;/h3-6,16H,2,7-11H2,1H3;1H. The Morgan fingerprint density at radius 1 is 1.35 bits per heavy atom. The van der Waals surface area contributed by atoms with Crippen LogP contribution in [0.25, 0.3) is 0 Å². The zero-order valence-corrected chi connectivity index (χ0v) is 12.5. The number of nitrogens with zero attached hydrogens (tertiary/aromatic N) is 1. The van der Waals surface area contributed by atoms with E-state index < -0.39 is 0 Å². The Labute approximate surface area is 125 Å². The monoisotopic (exact) mass is 296 g/mol. The van der Waals surface area contributed by atoms with Gasteiger partial charge >= 0.3 is 6.09 Å². The lowest BCUT2D eigenvalue weighted by Crippen LogP contribution is -2.46. The topological polar surface area (TPSA) is 41.6 Å². The number of benzene rings is 1. The third-order valence-corrected chi connectivity index (χ3v) is 4.36. The van der Waals surface area contributed by atoms with Gasteiger partial charge in [-0.25, -0.2) is 4.79 Å². The highest BCUT2D eigenvalue weighted by molar-refractivity contribution is 5.85. The first kappa shape index (κ1) is 15.0. The summed E-state index contributed by atoms with van der Waals surface area (Å²) >= 11 is 0. The summed E-state index contributed by atoms with van der Waals surface area (Å²) in [5.74, 6) is 0. The van der Waals surface area contributed by atoms with Gasteiger partial charge in [-0.1, -0.05) is 18.2 Å². The third-order valence-electron chi connectivity index (χ3n) is 4.36. The van der Waals surface area contributed by atoms with Crippen molar-refractivity contribution in [3.05, 3.63) is 29.8 Å². The van der Waals surface area contributed by atoms with Crippen LogP contribution in [-0.2, 0) is 10.2 Å². The molecule has 1 N–H and O–H groups in total. The van der Waals surface area contributed by atoms with Gasteiger partial charge in [0.25, 0.3) is 0 Å². The maximum Gasteiger partial charge on any atom is 0.409 e. The van der Waals surface area contributed by atoms with Crippen LogP contribution in [0.2, 0.25) is 0 Å². The van der Waals surface area contributed by atoms with Crippen molar-refractivity contribution in [3.8, 4) is 0 Å². The first-order valence-corrected chi connectivity index (χ1v) is 7.00. The molecule has 2 aliphatic heterocycles. The van der Waals surface area contributed by atoms with Crippen LogP contribution in [0.3, 0.4) is 0 Å². The minimum Gasteiger partial charge on any atom is -0.450 e. The fourth-order valence-corrected chi connectivity index (χ4v) is 3.24. The highest BCUT2D eigenvalue weighted by atomic mass is 35.5. The molecule has 0 aromatic heterocycles. The number of likely N-dealkylation sites (tertiary alicyclic amines) is 1. The fourth-order valence-electron chi connectivity index (χ4n) is 3.24. The minimum absolute atomic E-state index is 0. The van der Waals surface area contributed by atoms with E-state index in [1.807, 2.05) is 11.8 Å². The molecular weight excluding hydrogens is 276 g/mol. The maximum absolute atomic E-state index is 11.7. The highest BCUT2D eigenvalue weighted by Gasteiger charge is 2.42. The molecule has 0 atom stereocenters. The Hall–Kier alpha value is -1.42. The molecule has 0 bridgehead atoms. The van der Waals surface area contributed by atoms with Crippen molar-refractivity contribution in [2.24, 2.45) is 0 Å². The Morgan fingerprint density at radius 2 is 2.05 bits per heavy atom. The molecule has 1 amide bonds. The molecular formula is C15H21ClN2O2. The molecule has 1 spiro atoms. The summed E-state index contributed by atoms with van der Waals surface area (Å²) in [5, 5.41) is 3.50. The molecule has 110 valence electrons. The summed E-state index contributed by atoms with van der Waals surface area (Å²) < 4.78 is 5.07. The van der Waals surface area contributed by atoms with Crippen molar-refractivity contribution in [1.82, 2.24) is 4.90 Å². The number of amides is 1. The van der Waals surface area contributed by atoms with Crippen LogP contribution < -0.4 is 5.32 Å². The van der Waals surface area contributed by atoms with Crippen molar-refractivity contribution in [2.75, 3.05) is 31.6 Å². The maximum atomic E-state index is 11.7. The quantitative estimate of drug-likeness (QED) is 0.866. The van der Waals surface area contributed by atoms with Gasteiger partial charge in [0, 0.05) is 30.7 Å². The number of anilines is 1. The summed E-state index contributed by atoms with van der Waals surface area (Å²) in [6.45, 7) is 4.86. The molecule has 0 saturated carbocycles. The normalized spacial score (nSPS) is 18.9. The van der Waals surface area contributed by atoms with Crippen molar-refractivity contribution in [3.63, 3.8) is 0 Å². The van der Waals surface area contributed by atoms with Gasteiger partial charge in [-0.2, -0.15) is 0 Å². The molecule has 1 saturated heterocycles. The second-order valence-electron chi connectivity index (χ2n) is 5.37. The smallest absolute Gasteiger partial charge is 0.409 e. The number of halogens is 1. The number of para-hydroxylation sites is 1. The van der Waals surface area contributed by atoms with Gasteiger partial charge in [-0.05, 0) is 31.4 Å². The Bertz CT molecular complexity index is 485. The number of fused-ring (bicyclic) bond motifs is 2. The molecule has 5 heteroatoms. The number of carbonyl (C=O) groups excluding carboxylic acids is 1. The molecule has 20 heavy (non-hydrogen) atoms. The number of piperidine rings is 1. The summed E-state index contributed by atoms with van der Waals surface area (Å²) in [7, 11) is 0. The van der Waals surface area contributed by atoms with E-state index in [1.54, 1.807) is 0 Å². The van der Waals surface area contributed by atoms with Crippen molar-refractivity contribution in [1.29, 1.82) is 0 Å². The van der Waals surface area contributed by atoms with E-state index in [9.17, 15) is 4.79 Å². The summed E-state index contributed by atoms with van der Waals surface area (Å²) in [6.07, 6.45) is 1.85. The van der Waals surface area contributed by atoms with Gasteiger partial charge in [0.2, 0.25) is 0 Å². The number of nitrogens with one attached hydrogen (secondary N) is 1. The molecule has 0 unspecified atom stereocenters. The van der Waals surface area contributed by atoms with Crippen LogP contribution in [0.4, 0.5) is 10.5 Å². The lowest BCUT2D eigenvalue weighted by Gasteiger charge is -2.38. The number of rotatable bonds is 1. The number of hydrogen-bond acceptors (Lipinski definition) is 3. The van der Waals surface area contributed by atoms with Gasteiger partial charge in [0.05, 0.1) is 6.61 Å². The molecule has 0 aliphatic carbocycles. The fraction of sp³-hybridized carbons (Fsp3) is 0.533. The van der Waals surface area contributed by atoms with Crippen LogP contribution >= 0.6 is 12.4 Å². The van der Waals surface area contributed by atoms with E-state index >= 15 is 0 Å². The van der Waals surface area contributed by atoms with E-state index in [0.29, 0.717) is 6.61 Å². The predicted molar refractivity (Wildman–Crippen MR) is 81.7 cm³/mol. The average Bonchev–Trinajstić information content (AvgIpc) is 2.80. The van der Waals surface area contributed by atoms with Crippen molar-refractivity contribution < 1.29 is 9.53 Å². The molecule has 1 fully saturated rings. The number of carbonyl (C=O) groups is 1. The molecule has 1 aromatic rings. The van der Waals surface area contributed by atoms with Crippen LogP contribution in [-0.4, -0.2) is 37.2 Å². The molecule has 4 nitrogen and oxygen atoms in total. The Morgan fingerprint density at radius 3 is 2.75 bits per heavy atom. The van der Waals surface area contributed by atoms with Crippen molar-refractivity contribution in [2.45, 2.75) is 25.2 Å². The third kappa shape index (κ3) is 2.44. The van der Waals surface area contributed by atoms with E-state index in [1.165, 1.54) is 11.3 Å². The molecule has 0 radical (unpaired) electrons. The first-order chi connectivity index (χ1) is 9.25. The van der Waals surface area contributed by atoms with E-state index in [-0.39, 0.29) is 23.9 Å². The van der Waals surface area contributed by atoms with Gasteiger partial charge in [0.15, 0.2) is 0 Å². The summed E-state index contributed by atoms with van der Waals surface area (Å²) in [6, 6.07) is 8.53.